The Morgan fingerprint density at radius 3 is 2.83 bits per heavy atom. The zero-order valence-corrected chi connectivity index (χ0v) is 18.6. The highest BCUT2D eigenvalue weighted by Crippen LogP contribution is 2.64. The van der Waals surface area contributed by atoms with Gasteiger partial charge in [0, 0.05) is 19.0 Å². The number of hydrogen-bond acceptors (Lipinski definition) is 3. The van der Waals surface area contributed by atoms with Crippen LogP contribution in [0.3, 0.4) is 0 Å². The van der Waals surface area contributed by atoms with Crippen molar-refractivity contribution < 1.29 is 15.0 Å². The van der Waals surface area contributed by atoms with E-state index in [4.69, 9.17) is 0 Å². The largest absolute Gasteiger partial charge is 0.508 e. The molecule has 0 heterocycles. The van der Waals surface area contributed by atoms with Gasteiger partial charge >= 0.3 is 0 Å². The van der Waals surface area contributed by atoms with Gasteiger partial charge in [-0.1, -0.05) is 32.3 Å². The lowest BCUT2D eigenvalue weighted by Crippen LogP contribution is -2.50. The lowest BCUT2D eigenvalue weighted by Gasteiger charge is -2.52. The van der Waals surface area contributed by atoms with Crippen LogP contribution in [0, 0.1) is 29.1 Å². The highest BCUT2D eigenvalue weighted by atomic mass is 16.3. The number of nitrogens with zero attached hydrogens (tertiary/aromatic N) is 1. The van der Waals surface area contributed by atoms with Crippen LogP contribution in [0.4, 0.5) is 0 Å². The Kier molecular flexibility index (Phi) is 5.62. The number of hydrogen-bond donors (Lipinski definition) is 2. The molecule has 0 saturated heterocycles. The van der Waals surface area contributed by atoms with Crippen molar-refractivity contribution in [2.45, 2.75) is 76.7 Å². The second-order valence-corrected chi connectivity index (χ2v) is 9.98. The average Bonchev–Trinajstić information content (AvgIpc) is 3.01. The minimum Gasteiger partial charge on any atom is -0.508 e. The van der Waals surface area contributed by atoms with Crippen LogP contribution in [-0.4, -0.2) is 40.2 Å². The van der Waals surface area contributed by atoms with Gasteiger partial charge in [-0.2, -0.15) is 0 Å². The minimum atomic E-state index is -1.08. The Hall–Kier alpha value is -1.99. The third kappa shape index (κ3) is 3.42. The lowest BCUT2D eigenvalue weighted by atomic mass is 9.53. The summed E-state index contributed by atoms with van der Waals surface area (Å²) >= 11 is 0. The van der Waals surface area contributed by atoms with Gasteiger partial charge in [0.1, 0.15) is 11.4 Å². The number of rotatable bonds is 3. The summed E-state index contributed by atoms with van der Waals surface area (Å²) in [5, 5.41) is 21.5. The fraction of sp³-hybridized carbons (Fsp3) is 0.654. The van der Waals surface area contributed by atoms with Crippen molar-refractivity contribution in [1.29, 1.82) is 0 Å². The van der Waals surface area contributed by atoms with Crippen LogP contribution in [0.2, 0.25) is 0 Å². The Labute approximate surface area is 180 Å². The molecule has 3 aliphatic carbocycles. The summed E-state index contributed by atoms with van der Waals surface area (Å²) in [4.78, 5) is 14.1. The lowest BCUT2D eigenvalue weighted by molar-refractivity contribution is -0.124. The maximum atomic E-state index is 12.4. The van der Waals surface area contributed by atoms with Gasteiger partial charge in [0.05, 0.1) is 0 Å². The highest BCUT2D eigenvalue weighted by molar-refractivity contribution is 5.93. The fourth-order valence-electron chi connectivity index (χ4n) is 6.54. The number of aryl methyl sites for hydroxylation is 1. The molecule has 2 N–H and O–H groups in total. The Morgan fingerprint density at radius 1 is 1.27 bits per heavy atom. The van der Waals surface area contributed by atoms with Gasteiger partial charge in [-0.25, -0.2) is 0 Å². The van der Waals surface area contributed by atoms with Crippen LogP contribution >= 0.6 is 0 Å². The van der Waals surface area contributed by atoms with Crippen molar-refractivity contribution in [2.24, 2.45) is 17.3 Å². The predicted octanol–water partition coefficient (Wildman–Crippen LogP) is 4.24. The van der Waals surface area contributed by atoms with Crippen molar-refractivity contribution >= 4 is 5.91 Å². The van der Waals surface area contributed by atoms with E-state index in [0.29, 0.717) is 36.5 Å². The van der Waals surface area contributed by atoms with Crippen molar-refractivity contribution in [3.05, 3.63) is 29.3 Å². The van der Waals surface area contributed by atoms with Crippen molar-refractivity contribution in [1.82, 2.24) is 4.90 Å². The molecule has 0 spiro atoms. The molecule has 30 heavy (non-hydrogen) atoms. The van der Waals surface area contributed by atoms with Gasteiger partial charge in [0.25, 0.3) is 5.91 Å². The first kappa shape index (κ1) is 21.2. The van der Waals surface area contributed by atoms with E-state index in [1.165, 1.54) is 11.1 Å². The molecule has 4 heteroatoms. The molecule has 5 atom stereocenters. The maximum Gasteiger partial charge on any atom is 0.298 e. The van der Waals surface area contributed by atoms with Crippen molar-refractivity contribution in [2.75, 3.05) is 13.6 Å². The monoisotopic (exact) mass is 409 g/mol. The van der Waals surface area contributed by atoms with Crippen molar-refractivity contribution in [3.63, 3.8) is 0 Å². The summed E-state index contributed by atoms with van der Waals surface area (Å²) in [7, 11) is 1.79. The number of aliphatic hydroxyl groups is 1. The number of carbonyl (C=O) groups is 1. The molecule has 2 saturated carbocycles. The van der Waals surface area contributed by atoms with E-state index in [1.54, 1.807) is 11.9 Å². The van der Waals surface area contributed by atoms with Crippen LogP contribution in [0.15, 0.2) is 18.2 Å². The number of aromatic hydroxyl groups is 1. The van der Waals surface area contributed by atoms with Crippen LogP contribution in [0.1, 0.15) is 75.8 Å². The number of carbonyl (C=O) groups excluding carboxylic acids is 1. The molecule has 4 nitrogen and oxygen atoms in total. The first-order valence-electron chi connectivity index (χ1n) is 11.6. The molecule has 0 aromatic heterocycles. The van der Waals surface area contributed by atoms with Gasteiger partial charge in [-0.3, -0.25) is 4.79 Å². The zero-order chi connectivity index (χ0) is 21.5. The number of phenolic OH excluding ortho intramolecular Hbond substituents is 1. The summed E-state index contributed by atoms with van der Waals surface area (Å²) in [5.41, 5.74) is 1.32. The van der Waals surface area contributed by atoms with E-state index in [0.717, 1.165) is 44.9 Å². The average molecular weight is 410 g/mol. The number of amides is 1. The second kappa shape index (κ2) is 7.93. The third-order valence-corrected chi connectivity index (χ3v) is 8.43. The first-order chi connectivity index (χ1) is 14.3. The normalized spacial score (nSPS) is 34.2. The number of benzene rings is 1. The molecule has 162 valence electrons. The van der Waals surface area contributed by atoms with E-state index in [-0.39, 0.29) is 11.3 Å². The predicted molar refractivity (Wildman–Crippen MR) is 118 cm³/mol. The summed E-state index contributed by atoms with van der Waals surface area (Å²) in [6, 6.07) is 5.85. The highest BCUT2D eigenvalue weighted by Gasteiger charge is 2.61. The van der Waals surface area contributed by atoms with Crippen LogP contribution in [-0.2, 0) is 11.2 Å². The molecule has 2 fully saturated rings. The summed E-state index contributed by atoms with van der Waals surface area (Å²) in [6.45, 7) is 5.02. The van der Waals surface area contributed by atoms with Gasteiger partial charge in [-0.15, -0.1) is 0 Å². The minimum absolute atomic E-state index is 0.191. The van der Waals surface area contributed by atoms with Crippen LogP contribution < -0.4 is 0 Å². The molecular formula is C26H35NO3. The quantitative estimate of drug-likeness (QED) is 0.734. The molecule has 1 amide bonds. The Bertz CT molecular complexity index is 884. The van der Waals surface area contributed by atoms with Crippen molar-refractivity contribution in [3.8, 4) is 17.6 Å². The number of fused-ring (bicyclic) bond motifs is 5. The molecule has 0 radical (unpaired) electrons. The summed E-state index contributed by atoms with van der Waals surface area (Å²) in [5.74, 6) is 7.47. The molecule has 1 aromatic carbocycles. The molecule has 0 aliphatic heterocycles. The van der Waals surface area contributed by atoms with E-state index in [1.807, 2.05) is 12.1 Å². The Morgan fingerprint density at radius 2 is 2.07 bits per heavy atom. The second-order valence-electron chi connectivity index (χ2n) is 9.98. The van der Waals surface area contributed by atoms with Gasteiger partial charge in [0.2, 0.25) is 0 Å². The first-order valence-corrected chi connectivity index (χ1v) is 11.6. The molecular weight excluding hydrogens is 374 g/mol. The zero-order valence-electron chi connectivity index (χ0n) is 18.6. The third-order valence-electron chi connectivity index (χ3n) is 8.43. The van der Waals surface area contributed by atoms with Gasteiger partial charge < -0.3 is 15.1 Å². The summed E-state index contributed by atoms with van der Waals surface area (Å²) in [6.07, 6.45) is 7.67. The summed E-state index contributed by atoms with van der Waals surface area (Å²) < 4.78 is 0. The standard InChI is InChI=1S/C26H35NO3/c1-4-5-16-27(3)24(29)12-15-26(30)14-11-23-22-8-6-18-17-19(28)7-9-20(18)21(22)10-13-25(23,26)2/h7,9,17,21-23,28,30H,4-6,8,10-11,13-14,16H2,1-3H3/t21-,22-,23+,25+,26-/m1/s1. The topological polar surface area (TPSA) is 60.8 Å². The molecule has 4 rings (SSSR count). The van der Waals surface area contributed by atoms with Crippen LogP contribution in [0.25, 0.3) is 0 Å². The van der Waals surface area contributed by atoms with E-state index >= 15 is 0 Å². The van der Waals surface area contributed by atoms with Gasteiger partial charge in [0.15, 0.2) is 0 Å². The van der Waals surface area contributed by atoms with E-state index in [9.17, 15) is 15.0 Å². The van der Waals surface area contributed by atoms with Gasteiger partial charge in [-0.05, 0) is 91.9 Å². The van der Waals surface area contributed by atoms with Crippen LogP contribution in [0.5, 0.6) is 5.75 Å². The number of unbranched alkanes of at least 4 members (excludes halogenated alkanes) is 1. The van der Waals surface area contributed by atoms with E-state index < -0.39 is 5.60 Å². The maximum absolute atomic E-state index is 12.4. The molecule has 0 unspecified atom stereocenters. The molecule has 3 aliphatic rings. The molecule has 1 aromatic rings. The fourth-order valence-corrected chi connectivity index (χ4v) is 6.54. The smallest absolute Gasteiger partial charge is 0.298 e. The van der Waals surface area contributed by atoms with E-state index in [2.05, 4.69) is 31.8 Å². The SMILES string of the molecule is CCCCN(C)C(=O)C#C[C@]1(O)CC[C@H]2[C@@H]3CCc4cc(O)ccc4[C@H]3CC[C@@]21C. The number of phenols is 1. The Balaban J connectivity index is 1.55. The molecule has 0 bridgehead atoms.